The molecule has 176 valence electrons. The first kappa shape index (κ1) is 22.9. The lowest BCUT2D eigenvalue weighted by Crippen LogP contribution is -2.46. The summed E-state index contributed by atoms with van der Waals surface area (Å²) >= 11 is 5.64. The first-order valence-corrected chi connectivity index (χ1v) is 11.5. The molecule has 0 saturated carbocycles. The third-order valence-corrected chi connectivity index (χ3v) is 6.23. The Morgan fingerprint density at radius 3 is 2.31 bits per heavy atom. The van der Waals surface area contributed by atoms with Crippen LogP contribution in [0.5, 0.6) is 0 Å². The molecule has 1 N–H and O–H groups in total. The van der Waals surface area contributed by atoms with Crippen LogP contribution in [-0.2, 0) is 0 Å². The Bertz CT molecular complexity index is 1440. The number of aryl methyl sites for hydroxylation is 2. The summed E-state index contributed by atoms with van der Waals surface area (Å²) in [5, 5.41) is 7.81. The highest BCUT2D eigenvalue weighted by molar-refractivity contribution is 7.80. The number of nitrogens with one attached hydrogen (secondary N) is 1. The molecule has 8 heteroatoms. The van der Waals surface area contributed by atoms with Gasteiger partial charge in [-0.25, -0.2) is 8.78 Å². The van der Waals surface area contributed by atoms with Crippen LogP contribution in [0.25, 0.3) is 17.0 Å². The quantitative estimate of drug-likeness (QED) is 0.331. The largest absolute Gasteiger partial charge is 0.351 e. The lowest BCUT2D eigenvalue weighted by Gasteiger charge is -2.37. The number of thiocarbonyl (C=S) groups is 1. The van der Waals surface area contributed by atoms with Gasteiger partial charge in [0.2, 0.25) is 5.82 Å². The summed E-state index contributed by atoms with van der Waals surface area (Å²) in [6.45, 7) is 5.83. The molecule has 2 heterocycles. The third kappa shape index (κ3) is 4.44. The highest BCUT2D eigenvalue weighted by atomic mass is 32.1. The normalized spacial score (nSPS) is 16.0. The number of benzene rings is 3. The highest BCUT2D eigenvalue weighted by Gasteiger charge is 2.35. The maximum atomic E-state index is 14.1. The van der Waals surface area contributed by atoms with E-state index in [0.29, 0.717) is 28.1 Å². The van der Waals surface area contributed by atoms with Crippen molar-refractivity contribution in [2.45, 2.75) is 26.8 Å². The smallest absolute Gasteiger partial charge is 0.258 e. The minimum Gasteiger partial charge on any atom is -0.351 e. The molecule has 3 aromatic carbocycles. The van der Waals surface area contributed by atoms with Gasteiger partial charge in [-0.05, 0) is 56.8 Å². The molecule has 5 nitrogen and oxygen atoms in total. The highest BCUT2D eigenvalue weighted by Crippen LogP contribution is 2.39. The number of hydrogen-bond acceptors (Lipinski definition) is 4. The van der Waals surface area contributed by atoms with Crippen LogP contribution in [0.2, 0.25) is 0 Å². The van der Waals surface area contributed by atoms with E-state index in [9.17, 15) is 8.78 Å². The zero-order chi connectivity index (χ0) is 24.7. The van der Waals surface area contributed by atoms with E-state index in [2.05, 4.69) is 15.5 Å². The van der Waals surface area contributed by atoms with E-state index >= 15 is 0 Å². The van der Waals surface area contributed by atoms with Gasteiger partial charge in [-0.1, -0.05) is 58.7 Å². The van der Waals surface area contributed by atoms with Gasteiger partial charge in [0.05, 0.1) is 17.3 Å². The Kier molecular flexibility index (Phi) is 5.90. The van der Waals surface area contributed by atoms with Gasteiger partial charge in [0.25, 0.3) is 5.89 Å². The zero-order valence-corrected chi connectivity index (χ0v) is 20.2. The van der Waals surface area contributed by atoms with Crippen LogP contribution in [0, 0.1) is 25.5 Å². The van der Waals surface area contributed by atoms with Gasteiger partial charge in [0.15, 0.2) is 5.11 Å². The summed E-state index contributed by atoms with van der Waals surface area (Å²) in [4.78, 5) is 6.26. The lowest BCUT2D eigenvalue weighted by molar-refractivity contribution is 0.404. The van der Waals surface area contributed by atoms with E-state index in [0.717, 1.165) is 28.3 Å². The Morgan fingerprint density at radius 2 is 1.63 bits per heavy atom. The summed E-state index contributed by atoms with van der Waals surface area (Å²) in [6, 6.07) is 18.7. The monoisotopic (exact) mass is 488 g/mol. The molecule has 0 spiro atoms. The zero-order valence-electron chi connectivity index (χ0n) is 19.3. The predicted molar refractivity (Wildman–Crippen MR) is 136 cm³/mol. The number of rotatable bonds is 4. The third-order valence-electron chi connectivity index (χ3n) is 5.93. The number of halogens is 2. The molecular formula is C27H22F2N4OS. The van der Waals surface area contributed by atoms with Crippen molar-refractivity contribution in [3.63, 3.8) is 0 Å². The Labute approximate surface area is 207 Å². The first-order chi connectivity index (χ1) is 16.8. The molecule has 0 radical (unpaired) electrons. The number of nitrogens with zero attached hydrogens (tertiary/aromatic N) is 3. The van der Waals surface area contributed by atoms with Gasteiger partial charge < -0.3 is 9.84 Å². The van der Waals surface area contributed by atoms with Crippen LogP contribution in [0.15, 0.2) is 77.0 Å². The van der Waals surface area contributed by atoms with E-state index in [1.807, 2.05) is 69.3 Å². The van der Waals surface area contributed by atoms with Crippen LogP contribution in [0.3, 0.4) is 0 Å². The Hall–Kier alpha value is -3.91. The van der Waals surface area contributed by atoms with E-state index in [4.69, 9.17) is 16.7 Å². The fraction of sp³-hybridized carbons (Fsp3) is 0.148. The van der Waals surface area contributed by atoms with Crippen LogP contribution in [0.4, 0.5) is 14.5 Å². The average Bonchev–Trinajstić information content (AvgIpc) is 3.28. The van der Waals surface area contributed by atoms with Gasteiger partial charge >= 0.3 is 0 Å². The van der Waals surface area contributed by atoms with Crippen molar-refractivity contribution >= 4 is 28.6 Å². The number of anilines is 1. The molecule has 1 aliphatic rings. The fourth-order valence-corrected chi connectivity index (χ4v) is 4.60. The molecule has 1 aromatic heterocycles. The van der Waals surface area contributed by atoms with E-state index in [1.165, 1.54) is 12.1 Å². The van der Waals surface area contributed by atoms with E-state index in [1.54, 1.807) is 4.90 Å². The van der Waals surface area contributed by atoms with E-state index in [-0.39, 0.29) is 5.69 Å². The summed E-state index contributed by atoms with van der Waals surface area (Å²) < 4.78 is 33.9. The molecule has 4 aromatic rings. The summed E-state index contributed by atoms with van der Waals surface area (Å²) in [5.41, 5.74) is 5.51. The SMILES string of the molecule is CC1=C(c2nc(-c3cccc(C)c3)no2)C(c2ccc(C)cc2)NC(=S)N1c1cc(F)cc(F)c1. The topological polar surface area (TPSA) is 54.2 Å². The minimum atomic E-state index is -0.697. The fourth-order valence-electron chi connectivity index (χ4n) is 4.24. The summed E-state index contributed by atoms with van der Waals surface area (Å²) in [5.74, 6) is -0.653. The van der Waals surface area contributed by atoms with E-state index < -0.39 is 17.7 Å². The predicted octanol–water partition coefficient (Wildman–Crippen LogP) is 6.50. The molecule has 0 aliphatic carbocycles. The molecule has 5 rings (SSSR count). The molecule has 0 bridgehead atoms. The molecular weight excluding hydrogens is 466 g/mol. The second kappa shape index (κ2) is 9.03. The lowest BCUT2D eigenvalue weighted by atomic mass is 9.94. The van der Waals surface area contributed by atoms with Gasteiger partial charge in [0, 0.05) is 17.3 Å². The second-order valence-corrected chi connectivity index (χ2v) is 8.93. The maximum absolute atomic E-state index is 14.1. The maximum Gasteiger partial charge on any atom is 0.258 e. The standard InChI is InChI=1S/C27H22F2N4OS/c1-15-7-9-18(10-8-15)24-23(26-31-25(32-34-26)19-6-4-5-16(2)11-19)17(3)33(27(35)30-24)22-13-20(28)12-21(29)14-22/h4-14,24H,1-3H3,(H,30,35). The Balaban J connectivity index is 1.67. The average molecular weight is 489 g/mol. The van der Waals surface area contributed by atoms with Crippen LogP contribution >= 0.6 is 12.2 Å². The molecule has 0 saturated heterocycles. The first-order valence-electron chi connectivity index (χ1n) is 11.1. The molecule has 1 aliphatic heterocycles. The molecule has 0 amide bonds. The number of hydrogen-bond donors (Lipinski definition) is 1. The number of aromatic nitrogens is 2. The van der Waals surface area contributed by atoms with Gasteiger partial charge in [0.1, 0.15) is 11.6 Å². The van der Waals surface area contributed by atoms with Crippen LogP contribution in [0.1, 0.15) is 35.5 Å². The van der Waals surface area contributed by atoms with Crippen LogP contribution < -0.4 is 10.2 Å². The van der Waals surface area contributed by atoms with Gasteiger partial charge in [-0.2, -0.15) is 4.98 Å². The minimum absolute atomic E-state index is 0.260. The van der Waals surface area contributed by atoms with Crippen LogP contribution in [-0.4, -0.2) is 15.3 Å². The van der Waals surface area contributed by atoms with Gasteiger partial charge in [-0.15, -0.1) is 0 Å². The van der Waals surface area contributed by atoms with Gasteiger partial charge in [-0.3, -0.25) is 4.90 Å². The van der Waals surface area contributed by atoms with Crippen molar-refractivity contribution in [3.05, 3.63) is 107 Å². The Morgan fingerprint density at radius 1 is 0.914 bits per heavy atom. The van der Waals surface area contributed by atoms with Crippen molar-refractivity contribution in [1.82, 2.24) is 15.5 Å². The van der Waals surface area contributed by atoms with Crippen molar-refractivity contribution in [2.75, 3.05) is 4.90 Å². The van der Waals surface area contributed by atoms with Crippen molar-refractivity contribution in [3.8, 4) is 11.4 Å². The number of allylic oxidation sites excluding steroid dienone is 1. The second-order valence-electron chi connectivity index (χ2n) is 8.55. The summed E-state index contributed by atoms with van der Waals surface area (Å²) in [6.07, 6.45) is 0. The van der Waals surface area contributed by atoms with Crippen molar-refractivity contribution < 1.29 is 13.3 Å². The van der Waals surface area contributed by atoms with Crippen molar-refractivity contribution in [2.24, 2.45) is 0 Å². The van der Waals surface area contributed by atoms with Crippen molar-refractivity contribution in [1.29, 1.82) is 0 Å². The molecule has 1 unspecified atom stereocenters. The molecule has 0 fully saturated rings. The molecule has 1 atom stereocenters. The summed E-state index contributed by atoms with van der Waals surface area (Å²) in [7, 11) is 0. The molecule has 35 heavy (non-hydrogen) atoms.